The van der Waals surface area contributed by atoms with E-state index in [0.29, 0.717) is 22.4 Å². The maximum Gasteiger partial charge on any atom is 0.434 e. The molecule has 4 unspecified atom stereocenters. The predicted octanol–water partition coefficient (Wildman–Crippen LogP) is 4.58. The molecule has 8 heteroatoms. The monoisotopic (exact) mass is 395 g/mol. The largest absolute Gasteiger partial charge is 0.434 e. The van der Waals surface area contributed by atoms with Gasteiger partial charge in [-0.15, -0.1) is 0 Å². The first-order valence-corrected chi connectivity index (χ1v) is 9.46. The zero-order valence-electron chi connectivity index (χ0n) is 15.3. The second-order valence-corrected chi connectivity index (χ2v) is 7.87. The highest BCUT2D eigenvalue weighted by molar-refractivity contribution is 5.95. The summed E-state index contributed by atoms with van der Waals surface area (Å²) in [5.41, 5.74) is -2.21. The molecule has 0 aliphatic heterocycles. The predicted molar refractivity (Wildman–Crippen MR) is 94.4 cm³/mol. The van der Waals surface area contributed by atoms with E-state index in [0.717, 1.165) is 31.5 Å². The molecule has 1 aromatic heterocycles. The first kappa shape index (κ1) is 19.0. The minimum absolute atomic E-state index is 0.222. The maximum atomic E-state index is 14.0. The molecule has 0 saturated heterocycles. The second kappa shape index (κ2) is 6.90. The van der Waals surface area contributed by atoms with Crippen molar-refractivity contribution in [2.45, 2.75) is 44.8 Å². The van der Waals surface area contributed by atoms with Crippen molar-refractivity contribution in [2.75, 3.05) is 0 Å². The number of aromatic nitrogens is 2. The van der Waals surface area contributed by atoms with Gasteiger partial charge >= 0.3 is 6.18 Å². The van der Waals surface area contributed by atoms with Gasteiger partial charge in [-0.3, -0.25) is 4.79 Å². The van der Waals surface area contributed by atoms with Gasteiger partial charge in [-0.2, -0.15) is 18.3 Å². The lowest BCUT2D eigenvalue weighted by Gasteiger charge is -2.28. The van der Waals surface area contributed by atoms with Gasteiger partial charge in [0, 0.05) is 6.04 Å². The van der Waals surface area contributed by atoms with Gasteiger partial charge in [0.25, 0.3) is 5.91 Å². The number of amides is 1. The summed E-state index contributed by atoms with van der Waals surface area (Å²) >= 11 is 0. The van der Waals surface area contributed by atoms with E-state index in [-0.39, 0.29) is 11.7 Å². The van der Waals surface area contributed by atoms with Gasteiger partial charge in [0.05, 0.1) is 11.8 Å². The maximum absolute atomic E-state index is 14.0. The number of rotatable bonds is 4. The van der Waals surface area contributed by atoms with Crippen LogP contribution >= 0.6 is 0 Å². The molecule has 4 rings (SSSR count). The first-order valence-electron chi connectivity index (χ1n) is 9.46. The molecule has 0 radical (unpaired) electrons. The van der Waals surface area contributed by atoms with E-state index in [4.69, 9.17) is 0 Å². The third-order valence-electron chi connectivity index (χ3n) is 6.16. The molecular formula is C20H21F4N3O. The number of hydrogen-bond donors (Lipinski definition) is 1. The molecule has 0 spiro atoms. The summed E-state index contributed by atoms with van der Waals surface area (Å²) in [6.45, 7) is 1.85. The van der Waals surface area contributed by atoms with Crippen molar-refractivity contribution in [3.63, 3.8) is 0 Å². The average Bonchev–Trinajstić information content (AvgIpc) is 3.36. The number of nitrogens with one attached hydrogen (secondary N) is 1. The van der Waals surface area contributed by atoms with E-state index in [2.05, 4.69) is 10.4 Å². The van der Waals surface area contributed by atoms with Crippen molar-refractivity contribution in [3.05, 3.63) is 47.5 Å². The summed E-state index contributed by atoms with van der Waals surface area (Å²) in [7, 11) is 0. The minimum atomic E-state index is -4.86. The Hall–Kier alpha value is -2.38. The van der Waals surface area contributed by atoms with E-state index in [1.807, 2.05) is 6.92 Å². The molecular weight excluding hydrogens is 374 g/mol. The zero-order chi connectivity index (χ0) is 20.1. The fourth-order valence-corrected chi connectivity index (χ4v) is 4.89. The third kappa shape index (κ3) is 3.29. The van der Waals surface area contributed by atoms with Crippen LogP contribution in [0.4, 0.5) is 17.6 Å². The van der Waals surface area contributed by atoms with Gasteiger partial charge in [-0.1, -0.05) is 18.6 Å². The standard InChI is InChI=1S/C20H21F4N3O/c1-11(14-9-12-6-7-13(14)8-12)26-19(28)15-10-25-27(18(15)20(22,23)24)17-5-3-2-4-16(17)21/h2-5,10-14H,6-9H2,1H3,(H,26,28). The number of hydrogen-bond acceptors (Lipinski definition) is 2. The van der Waals surface area contributed by atoms with Crippen LogP contribution in [0.3, 0.4) is 0 Å². The van der Waals surface area contributed by atoms with Crippen LogP contribution in [-0.4, -0.2) is 21.7 Å². The highest BCUT2D eigenvalue weighted by Gasteiger charge is 2.44. The van der Waals surface area contributed by atoms with E-state index in [1.165, 1.54) is 24.6 Å². The third-order valence-corrected chi connectivity index (χ3v) is 6.16. The minimum Gasteiger partial charge on any atom is -0.349 e. The molecule has 28 heavy (non-hydrogen) atoms. The molecule has 2 aromatic rings. The Morgan fingerprint density at radius 2 is 2.00 bits per heavy atom. The lowest BCUT2D eigenvalue weighted by atomic mass is 9.84. The summed E-state index contributed by atoms with van der Waals surface area (Å²) in [6.07, 6.45) is 0.472. The van der Waals surface area contributed by atoms with Crippen molar-refractivity contribution in [3.8, 4) is 5.69 Å². The Morgan fingerprint density at radius 1 is 1.25 bits per heavy atom. The van der Waals surface area contributed by atoms with Crippen molar-refractivity contribution in [1.82, 2.24) is 15.1 Å². The molecule has 1 aromatic carbocycles. The van der Waals surface area contributed by atoms with Gasteiger partial charge < -0.3 is 5.32 Å². The van der Waals surface area contributed by atoms with Gasteiger partial charge in [-0.25, -0.2) is 9.07 Å². The Bertz CT molecular complexity index is 892. The summed E-state index contributed by atoms with van der Waals surface area (Å²) in [4.78, 5) is 12.7. The quantitative estimate of drug-likeness (QED) is 0.770. The second-order valence-electron chi connectivity index (χ2n) is 7.87. The molecule has 2 bridgehead atoms. The number of carbonyl (C=O) groups is 1. The fourth-order valence-electron chi connectivity index (χ4n) is 4.89. The smallest absolute Gasteiger partial charge is 0.349 e. The molecule has 2 saturated carbocycles. The van der Waals surface area contributed by atoms with Crippen LogP contribution in [0.25, 0.3) is 5.69 Å². The van der Waals surface area contributed by atoms with Crippen molar-refractivity contribution in [1.29, 1.82) is 0 Å². The van der Waals surface area contributed by atoms with Gasteiger partial charge in [-0.05, 0) is 56.1 Å². The number of nitrogens with zero attached hydrogens (tertiary/aromatic N) is 2. The molecule has 1 heterocycles. The number of carbonyl (C=O) groups excluding carboxylic acids is 1. The Balaban J connectivity index is 1.62. The highest BCUT2D eigenvalue weighted by Crippen LogP contribution is 2.49. The Morgan fingerprint density at radius 3 is 2.61 bits per heavy atom. The van der Waals surface area contributed by atoms with E-state index >= 15 is 0 Å². The van der Waals surface area contributed by atoms with Crippen LogP contribution in [0.1, 0.15) is 48.7 Å². The number of para-hydroxylation sites is 1. The van der Waals surface area contributed by atoms with Crippen LogP contribution in [0, 0.1) is 23.6 Å². The summed E-state index contributed by atoms with van der Waals surface area (Å²) in [6, 6.07) is 4.81. The van der Waals surface area contributed by atoms with Crippen LogP contribution in [-0.2, 0) is 6.18 Å². The SMILES string of the molecule is CC(NC(=O)c1cnn(-c2ccccc2F)c1C(F)(F)F)C1CC2CCC1C2. The molecule has 2 fully saturated rings. The van der Waals surface area contributed by atoms with Crippen molar-refractivity contribution < 1.29 is 22.4 Å². The summed E-state index contributed by atoms with van der Waals surface area (Å²) < 4.78 is 55.6. The fraction of sp³-hybridized carbons (Fsp3) is 0.500. The number of alkyl halides is 3. The zero-order valence-corrected chi connectivity index (χ0v) is 15.3. The number of halogens is 4. The molecule has 4 atom stereocenters. The van der Waals surface area contributed by atoms with Crippen LogP contribution in [0.5, 0.6) is 0 Å². The van der Waals surface area contributed by atoms with Crippen LogP contribution < -0.4 is 5.32 Å². The summed E-state index contributed by atoms with van der Waals surface area (Å²) in [5, 5.41) is 6.40. The number of fused-ring (bicyclic) bond motifs is 2. The van der Waals surface area contributed by atoms with Gasteiger partial charge in [0.2, 0.25) is 0 Å². The molecule has 2 aliphatic carbocycles. The van der Waals surface area contributed by atoms with Crippen LogP contribution in [0.15, 0.2) is 30.5 Å². The van der Waals surface area contributed by atoms with Crippen LogP contribution in [0.2, 0.25) is 0 Å². The van der Waals surface area contributed by atoms with Crippen molar-refractivity contribution >= 4 is 5.91 Å². The first-order chi connectivity index (χ1) is 13.3. The molecule has 1 amide bonds. The number of benzene rings is 1. The van der Waals surface area contributed by atoms with Gasteiger partial charge in [0.1, 0.15) is 11.5 Å². The molecule has 2 aliphatic rings. The van der Waals surface area contributed by atoms with Gasteiger partial charge in [0.15, 0.2) is 5.69 Å². The Kier molecular flexibility index (Phi) is 4.67. The summed E-state index contributed by atoms with van der Waals surface area (Å²) in [5.74, 6) is -0.185. The lowest BCUT2D eigenvalue weighted by molar-refractivity contribution is -0.143. The molecule has 1 N–H and O–H groups in total. The van der Waals surface area contributed by atoms with Crippen molar-refractivity contribution in [2.24, 2.45) is 17.8 Å². The average molecular weight is 395 g/mol. The topological polar surface area (TPSA) is 46.9 Å². The highest BCUT2D eigenvalue weighted by atomic mass is 19.4. The van der Waals surface area contributed by atoms with E-state index in [1.54, 1.807) is 0 Å². The molecule has 4 nitrogen and oxygen atoms in total. The lowest BCUT2D eigenvalue weighted by Crippen LogP contribution is -2.40. The Labute approximate surface area is 159 Å². The molecule has 150 valence electrons. The van der Waals surface area contributed by atoms with E-state index in [9.17, 15) is 22.4 Å². The normalized spacial score (nSPS) is 25.1. The van der Waals surface area contributed by atoms with E-state index < -0.39 is 29.2 Å².